The van der Waals surface area contributed by atoms with Crippen LogP contribution in [0.3, 0.4) is 0 Å². The van der Waals surface area contributed by atoms with E-state index in [9.17, 15) is 13.2 Å². The van der Waals surface area contributed by atoms with Gasteiger partial charge in [-0.25, -0.2) is 8.42 Å². The molecule has 1 spiro atoms. The lowest BCUT2D eigenvalue weighted by Gasteiger charge is -2.45. The van der Waals surface area contributed by atoms with E-state index < -0.39 is 15.6 Å². The fraction of sp³-hybridized carbons (Fsp3) is 0.750. The van der Waals surface area contributed by atoms with Gasteiger partial charge in [-0.3, -0.25) is 4.79 Å². The number of carbonyl (C=O) groups is 1. The number of rotatable bonds is 0. The highest BCUT2D eigenvalue weighted by Gasteiger charge is 2.72. The summed E-state index contributed by atoms with van der Waals surface area (Å²) in [6.45, 7) is 2.54. The van der Waals surface area contributed by atoms with Gasteiger partial charge in [-0.05, 0) is 26.2 Å². The number of ketones is 1. The molecule has 4 unspecified atom stereocenters. The van der Waals surface area contributed by atoms with Crippen molar-refractivity contribution in [3.63, 3.8) is 0 Å². The minimum Gasteiger partial charge on any atom is -0.297 e. The molecule has 3 fully saturated rings. The zero-order chi connectivity index (χ0) is 12.0. The lowest BCUT2D eigenvalue weighted by Crippen LogP contribution is -2.58. The average Bonchev–Trinajstić information content (AvgIpc) is 2.75. The van der Waals surface area contributed by atoms with Gasteiger partial charge in [0.15, 0.2) is 5.78 Å². The summed E-state index contributed by atoms with van der Waals surface area (Å²) in [4.78, 5) is 12.5. The SMILES string of the molecule is CC1=CC2CC3C1C1(CCCN1S3(=O)=O)C2=O. The molecule has 4 nitrogen and oxygen atoms in total. The van der Waals surface area contributed by atoms with Crippen molar-refractivity contribution in [3.05, 3.63) is 11.6 Å². The zero-order valence-corrected chi connectivity index (χ0v) is 10.5. The maximum absolute atomic E-state index is 12.5. The molecule has 0 radical (unpaired) electrons. The molecule has 0 aromatic carbocycles. The summed E-state index contributed by atoms with van der Waals surface area (Å²) < 4.78 is 26.5. The molecule has 0 amide bonds. The third-order valence-electron chi connectivity index (χ3n) is 5.14. The molecule has 4 bridgehead atoms. The van der Waals surface area contributed by atoms with Crippen LogP contribution in [-0.2, 0) is 14.8 Å². The molecule has 0 N–H and O–H groups in total. The van der Waals surface area contributed by atoms with Crippen molar-refractivity contribution in [1.29, 1.82) is 0 Å². The smallest absolute Gasteiger partial charge is 0.218 e. The Balaban J connectivity index is 2.07. The largest absolute Gasteiger partial charge is 0.297 e. The molecule has 1 saturated carbocycles. The van der Waals surface area contributed by atoms with Gasteiger partial charge in [-0.2, -0.15) is 4.31 Å². The number of sulfonamides is 1. The van der Waals surface area contributed by atoms with Crippen molar-refractivity contribution >= 4 is 15.8 Å². The molecule has 5 heteroatoms. The second kappa shape index (κ2) is 2.67. The van der Waals surface area contributed by atoms with Crippen molar-refractivity contribution in [2.75, 3.05) is 6.54 Å². The van der Waals surface area contributed by atoms with Gasteiger partial charge in [-0.15, -0.1) is 0 Å². The quantitative estimate of drug-likeness (QED) is 0.597. The highest BCUT2D eigenvalue weighted by atomic mass is 32.2. The van der Waals surface area contributed by atoms with Crippen molar-refractivity contribution in [1.82, 2.24) is 4.31 Å². The van der Waals surface area contributed by atoms with E-state index in [0.29, 0.717) is 13.0 Å². The first kappa shape index (κ1) is 10.3. The molecule has 92 valence electrons. The summed E-state index contributed by atoms with van der Waals surface area (Å²) in [7, 11) is -3.24. The first-order valence-corrected chi connectivity index (χ1v) is 7.74. The Kier molecular flexibility index (Phi) is 1.61. The predicted molar refractivity (Wildman–Crippen MR) is 61.7 cm³/mol. The van der Waals surface area contributed by atoms with Gasteiger partial charge >= 0.3 is 0 Å². The van der Waals surface area contributed by atoms with E-state index in [-0.39, 0.29) is 22.9 Å². The molecular formula is C12H15NO3S. The molecule has 3 aliphatic carbocycles. The van der Waals surface area contributed by atoms with Crippen LogP contribution in [0.4, 0.5) is 0 Å². The molecular weight excluding hydrogens is 238 g/mol. The van der Waals surface area contributed by atoms with E-state index in [2.05, 4.69) is 0 Å². The second-order valence-corrected chi connectivity index (χ2v) is 7.85. The molecule has 17 heavy (non-hydrogen) atoms. The Morgan fingerprint density at radius 3 is 3.00 bits per heavy atom. The fourth-order valence-corrected chi connectivity index (χ4v) is 7.39. The van der Waals surface area contributed by atoms with Crippen LogP contribution in [-0.4, -0.2) is 35.8 Å². The molecule has 0 aromatic heterocycles. The van der Waals surface area contributed by atoms with E-state index in [1.807, 2.05) is 13.0 Å². The van der Waals surface area contributed by atoms with Gasteiger partial charge in [0.2, 0.25) is 10.0 Å². The number of Topliss-reactive ketones (excluding diaryl/α,β-unsaturated/α-hetero) is 1. The Morgan fingerprint density at radius 1 is 1.47 bits per heavy atom. The van der Waals surface area contributed by atoms with Crippen LogP contribution in [0.25, 0.3) is 0 Å². The summed E-state index contributed by atoms with van der Waals surface area (Å²) in [6.07, 6.45) is 4.08. The van der Waals surface area contributed by atoms with Gasteiger partial charge in [0.1, 0.15) is 5.54 Å². The lowest BCUT2D eigenvalue weighted by atomic mass is 9.59. The Bertz CT molecular complexity index is 564. The van der Waals surface area contributed by atoms with Crippen molar-refractivity contribution < 1.29 is 13.2 Å². The third kappa shape index (κ3) is 0.857. The van der Waals surface area contributed by atoms with Crippen LogP contribution in [0.15, 0.2) is 11.6 Å². The van der Waals surface area contributed by atoms with Crippen molar-refractivity contribution in [3.8, 4) is 0 Å². The van der Waals surface area contributed by atoms with Crippen LogP contribution in [0.1, 0.15) is 26.2 Å². The standard InChI is InChI=1S/C12H15NO3S/c1-7-5-8-6-9-10(7)12(11(8)14)3-2-4-13(12)17(9,15)16/h5,8-10H,2-4,6H2,1H3. The number of nitrogens with zero attached hydrogens (tertiary/aromatic N) is 1. The third-order valence-corrected chi connectivity index (χ3v) is 7.50. The topological polar surface area (TPSA) is 54.5 Å². The summed E-state index contributed by atoms with van der Waals surface area (Å²) >= 11 is 0. The van der Waals surface area contributed by atoms with Crippen LogP contribution in [0.2, 0.25) is 0 Å². The zero-order valence-electron chi connectivity index (χ0n) is 9.72. The lowest BCUT2D eigenvalue weighted by molar-refractivity contribution is -0.134. The van der Waals surface area contributed by atoms with Gasteiger partial charge < -0.3 is 0 Å². The first-order valence-electron chi connectivity index (χ1n) is 6.24. The minimum atomic E-state index is -3.24. The van der Waals surface area contributed by atoms with Crippen LogP contribution >= 0.6 is 0 Å². The molecule has 5 rings (SSSR count). The molecule has 5 aliphatic rings. The van der Waals surface area contributed by atoms with Crippen molar-refractivity contribution in [2.24, 2.45) is 11.8 Å². The summed E-state index contributed by atoms with van der Waals surface area (Å²) in [5.74, 6) is -0.0432. The molecule has 2 heterocycles. The molecule has 4 atom stereocenters. The van der Waals surface area contributed by atoms with E-state index in [4.69, 9.17) is 0 Å². The molecule has 2 aliphatic heterocycles. The van der Waals surface area contributed by atoms with E-state index >= 15 is 0 Å². The van der Waals surface area contributed by atoms with Gasteiger partial charge in [0.25, 0.3) is 0 Å². The Morgan fingerprint density at radius 2 is 2.24 bits per heavy atom. The van der Waals surface area contributed by atoms with Gasteiger partial charge in [-0.1, -0.05) is 11.6 Å². The van der Waals surface area contributed by atoms with E-state index in [1.54, 1.807) is 4.31 Å². The van der Waals surface area contributed by atoms with E-state index in [0.717, 1.165) is 18.4 Å². The highest BCUT2D eigenvalue weighted by Crippen LogP contribution is 2.60. The molecule has 0 aromatic rings. The normalized spacial score (nSPS) is 50.5. The van der Waals surface area contributed by atoms with Crippen LogP contribution < -0.4 is 0 Å². The van der Waals surface area contributed by atoms with E-state index in [1.165, 1.54) is 0 Å². The Hall–Kier alpha value is -0.680. The molecule has 2 saturated heterocycles. The number of hydrogen-bond donors (Lipinski definition) is 0. The maximum atomic E-state index is 12.5. The number of hydrogen-bond acceptors (Lipinski definition) is 3. The average molecular weight is 253 g/mol. The predicted octanol–water partition coefficient (Wildman–Crippen LogP) is 0.698. The fourth-order valence-electron chi connectivity index (χ4n) is 4.69. The minimum absolute atomic E-state index is 0.0625. The summed E-state index contributed by atoms with van der Waals surface area (Å²) in [6, 6.07) is 0. The Labute approximate surface area is 101 Å². The highest BCUT2D eigenvalue weighted by molar-refractivity contribution is 7.90. The summed E-state index contributed by atoms with van der Waals surface area (Å²) in [5.41, 5.74) is 0.449. The van der Waals surface area contributed by atoms with Gasteiger partial charge in [0.05, 0.1) is 5.25 Å². The van der Waals surface area contributed by atoms with Crippen LogP contribution in [0, 0.1) is 11.8 Å². The number of allylic oxidation sites excluding steroid dienone is 1. The maximum Gasteiger partial charge on any atom is 0.218 e. The van der Waals surface area contributed by atoms with Gasteiger partial charge in [0, 0.05) is 18.4 Å². The summed E-state index contributed by atoms with van der Waals surface area (Å²) in [5, 5.41) is -0.324. The number of carbonyl (C=O) groups excluding carboxylic acids is 1. The van der Waals surface area contributed by atoms with Crippen LogP contribution in [0.5, 0.6) is 0 Å². The monoisotopic (exact) mass is 253 g/mol. The van der Waals surface area contributed by atoms with Crippen molar-refractivity contribution in [2.45, 2.75) is 37.0 Å². The first-order chi connectivity index (χ1) is 7.99. The second-order valence-electron chi connectivity index (χ2n) is 5.78.